The van der Waals surface area contributed by atoms with Crippen LogP contribution in [0.2, 0.25) is 5.02 Å². The van der Waals surface area contributed by atoms with Crippen molar-refractivity contribution in [3.05, 3.63) is 71.3 Å². The van der Waals surface area contributed by atoms with Crippen LogP contribution in [0.4, 0.5) is 24.5 Å². The molecule has 1 aliphatic rings. The van der Waals surface area contributed by atoms with Gasteiger partial charge < -0.3 is 10.6 Å². The number of carbonyl (C=O) groups is 2. The molecule has 152 valence electrons. The van der Waals surface area contributed by atoms with Crippen molar-refractivity contribution in [2.75, 3.05) is 10.6 Å². The van der Waals surface area contributed by atoms with Crippen LogP contribution >= 0.6 is 11.6 Å². The molecule has 3 rings (SSSR count). The fourth-order valence-corrected chi connectivity index (χ4v) is 3.37. The number of hydrogen-bond acceptors (Lipinski definition) is 2. The molecule has 29 heavy (non-hydrogen) atoms. The highest BCUT2D eigenvalue weighted by molar-refractivity contribution is 6.33. The van der Waals surface area contributed by atoms with Gasteiger partial charge in [-0.1, -0.05) is 42.0 Å². The van der Waals surface area contributed by atoms with Crippen molar-refractivity contribution in [2.45, 2.75) is 19.0 Å². The Morgan fingerprint density at radius 2 is 1.52 bits per heavy atom. The van der Waals surface area contributed by atoms with E-state index in [1.807, 2.05) is 6.08 Å². The summed E-state index contributed by atoms with van der Waals surface area (Å²) in [6.07, 6.45) is -0.255. The van der Waals surface area contributed by atoms with E-state index >= 15 is 0 Å². The molecule has 2 atom stereocenters. The van der Waals surface area contributed by atoms with Crippen LogP contribution < -0.4 is 10.6 Å². The molecule has 0 aromatic heterocycles. The quantitative estimate of drug-likeness (QED) is 0.637. The lowest BCUT2D eigenvalue weighted by molar-refractivity contribution is -0.137. The molecular formula is C21H18ClF3N2O2. The summed E-state index contributed by atoms with van der Waals surface area (Å²) in [7, 11) is 0. The lowest BCUT2D eigenvalue weighted by Crippen LogP contribution is -2.37. The molecule has 1 aliphatic carbocycles. The lowest BCUT2D eigenvalue weighted by atomic mass is 9.81. The van der Waals surface area contributed by atoms with Gasteiger partial charge in [0.2, 0.25) is 11.8 Å². The summed E-state index contributed by atoms with van der Waals surface area (Å²) in [5.74, 6) is -2.25. The van der Waals surface area contributed by atoms with Crippen LogP contribution in [-0.2, 0) is 15.8 Å². The molecule has 0 spiro atoms. The summed E-state index contributed by atoms with van der Waals surface area (Å²) >= 11 is 6.07. The van der Waals surface area contributed by atoms with Gasteiger partial charge in [0.05, 0.1) is 28.1 Å². The SMILES string of the molecule is O=C(Nc1cccc(C(F)(F)F)c1)C1CC=CCC1C(=O)Nc1ccccc1Cl. The average molecular weight is 423 g/mol. The van der Waals surface area contributed by atoms with Crippen molar-refractivity contribution in [3.63, 3.8) is 0 Å². The number of nitrogens with one attached hydrogen (secondary N) is 2. The van der Waals surface area contributed by atoms with E-state index in [1.165, 1.54) is 12.1 Å². The summed E-state index contributed by atoms with van der Waals surface area (Å²) < 4.78 is 38.6. The van der Waals surface area contributed by atoms with E-state index in [0.29, 0.717) is 23.6 Å². The predicted molar refractivity (Wildman–Crippen MR) is 106 cm³/mol. The number of amides is 2. The number of anilines is 2. The van der Waals surface area contributed by atoms with Crippen molar-refractivity contribution in [1.82, 2.24) is 0 Å². The second kappa shape index (κ2) is 8.69. The summed E-state index contributed by atoms with van der Waals surface area (Å²) in [6.45, 7) is 0. The Hall–Kier alpha value is -2.80. The van der Waals surface area contributed by atoms with E-state index in [-0.39, 0.29) is 11.6 Å². The molecule has 0 bridgehead atoms. The van der Waals surface area contributed by atoms with Gasteiger partial charge in [0.1, 0.15) is 0 Å². The van der Waals surface area contributed by atoms with Gasteiger partial charge in [0.15, 0.2) is 0 Å². The second-order valence-corrected chi connectivity index (χ2v) is 7.10. The van der Waals surface area contributed by atoms with E-state index in [4.69, 9.17) is 11.6 Å². The third-order valence-electron chi connectivity index (χ3n) is 4.70. The fourth-order valence-electron chi connectivity index (χ4n) is 3.19. The standard InChI is InChI=1S/C21H18ClF3N2O2/c22-17-10-3-4-11-18(17)27-20(29)16-9-2-1-8-15(16)19(28)26-14-7-5-6-13(12-14)21(23,24)25/h1-7,10-12,15-16H,8-9H2,(H,26,28)(H,27,29). The van der Waals surface area contributed by atoms with Crippen LogP contribution in [-0.4, -0.2) is 11.8 Å². The maximum atomic E-state index is 12.9. The van der Waals surface area contributed by atoms with E-state index in [0.717, 1.165) is 12.1 Å². The van der Waals surface area contributed by atoms with Crippen LogP contribution in [0.5, 0.6) is 0 Å². The molecule has 2 aromatic rings. The molecule has 2 N–H and O–H groups in total. The van der Waals surface area contributed by atoms with Crippen LogP contribution in [0.15, 0.2) is 60.7 Å². The van der Waals surface area contributed by atoms with Crippen molar-refractivity contribution in [3.8, 4) is 0 Å². The van der Waals surface area contributed by atoms with Crippen LogP contribution in [0, 0.1) is 11.8 Å². The minimum atomic E-state index is -4.51. The first-order chi connectivity index (χ1) is 13.8. The molecule has 4 nitrogen and oxygen atoms in total. The van der Waals surface area contributed by atoms with E-state index in [2.05, 4.69) is 10.6 Å². The normalized spacial score (nSPS) is 18.9. The molecule has 2 aromatic carbocycles. The summed E-state index contributed by atoms with van der Waals surface area (Å²) in [5, 5.41) is 5.60. The van der Waals surface area contributed by atoms with Crippen LogP contribution in [0.1, 0.15) is 18.4 Å². The highest BCUT2D eigenvalue weighted by atomic mass is 35.5. The molecule has 0 radical (unpaired) electrons. The zero-order chi connectivity index (χ0) is 21.0. The average Bonchev–Trinajstić information content (AvgIpc) is 2.69. The number of para-hydroxylation sites is 1. The van der Waals surface area contributed by atoms with E-state index in [9.17, 15) is 22.8 Å². The summed E-state index contributed by atoms with van der Waals surface area (Å²) in [5.41, 5.74) is -0.387. The van der Waals surface area contributed by atoms with Gasteiger partial charge in [-0.3, -0.25) is 9.59 Å². The minimum absolute atomic E-state index is 0.0321. The Balaban J connectivity index is 1.74. The molecule has 0 saturated carbocycles. The Morgan fingerprint density at radius 1 is 0.897 bits per heavy atom. The molecule has 0 heterocycles. The van der Waals surface area contributed by atoms with Crippen LogP contribution in [0.25, 0.3) is 0 Å². The highest BCUT2D eigenvalue weighted by Gasteiger charge is 2.35. The molecule has 8 heteroatoms. The summed E-state index contributed by atoms with van der Waals surface area (Å²) in [6, 6.07) is 11.1. The number of rotatable bonds is 4. The number of allylic oxidation sites excluding steroid dienone is 2. The second-order valence-electron chi connectivity index (χ2n) is 6.69. The molecule has 2 unspecified atom stereocenters. The van der Waals surface area contributed by atoms with Gasteiger partial charge >= 0.3 is 6.18 Å². The zero-order valence-corrected chi connectivity index (χ0v) is 15.9. The topological polar surface area (TPSA) is 58.2 Å². The Kier molecular flexibility index (Phi) is 6.27. The Labute approximate surface area is 170 Å². The van der Waals surface area contributed by atoms with Gasteiger partial charge in [-0.15, -0.1) is 0 Å². The number of hydrogen-bond donors (Lipinski definition) is 2. The van der Waals surface area contributed by atoms with Crippen LogP contribution in [0.3, 0.4) is 0 Å². The number of alkyl halides is 3. The van der Waals surface area contributed by atoms with Crippen molar-refractivity contribution in [1.29, 1.82) is 0 Å². The maximum absolute atomic E-state index is 12.9. The summed E-state index contributed by atoms with van der Waals surface area (Å²) in [4.78, 5) is 25.5. The van der Waals surface area contributed by atoms with Gasteiger partial charge in [-0.05, 0) is 43.2 Å². The first-order valence-corrected chi connectivity index (χ1v) is 9.32. The smallest absolute Gasteiger partial charge is 0.326 e. The number of carbonyl (C=O) groups excluding carboxylic acids is 2. The Bertz CT molecular complexity index is 944. The third-order valence-corrected chi connectivity index (χ3v) is 5.02. The molecular weight excluding hydrogens is 405 g/mol. The highest BCUT2D eigenvalue weighted by Crippen LogP contribution is 2.32. The fraction of sp³-hybridized carbons (Fsp3) is 0.238. The molecule has 2 amide bonds. The van der Waals surface area contributed by atoms with E-state index in [1.54, 1.807) is 30.3 Å². The first kappa shape index (κ1) is 20.9. The number of benzene rings is 2. The van der Waals surface area contributed by atoms with Crippen molar-refractivity contribution >= 4 is 34.8 Å². The monoisotopic (exact) mass is 422 g/mol. The maximum Gasteiger partial charge on any atom is 0.416 e. The number of halogens is 4. The zero-order valence-electron chi connectivity index (χ0n) is 15.2. The van der Waals surface area contributed by atoms with Gasteiger partial charge in [0.25, 0.3) is 0 Å². The molecule has 0 saturated heterocycles. The molecule has 0 fully saturated rings. The van der Waals surface area contributed by atoms with Crippen molar-refractivity contribution < 1.29 is 22.8 Å². The van der Waals surface area contributed by atoms with Gasteiger partial charge in [0, 0.05) is 5.69 Å². The van der Waals surface area contributed by atoms with Crippen molar-refractivity contribution in [2.24, 2.45) is 11.8 Å². The van der Waals surface area contributed by atoms with E-state index < -0.39 is 29.5 Å². The first-order valence-electron chi connectivity index (χ1n) is 8.94. The molecule has 0 aliphatic heterocycles. The predicted octanol–water partition coefficient (Wildman–Crippen LogP) is 5.52. The van der Waals surface area contributed by atoms with Gasteiger partial charge in [-0.2, -0.15) is 13.2 Å². The minimum Gasteiger partial charge on any atom is -0.326 e. The van der Waals surface area contributed by atoms with Gasteiger partial charge in [-0.25, -0.2) is 0 Å². The third kappa shape index (κ3) is 5.17. The lowest BCUT2D eigenvalue weighted by Gasteiger charge is -2.27. The largest absolute Gasteiger partial charge is 0.416 e. The Morgan fingerprint density at radius 3 is 2.14 bits per heavy atom.